The van der Waals surface area contributed by atoms with Crippen LogP contribution in [0.4, 0.5) is 13.2 Å². The minimum atomic E-state index is -4.22. The highest BCUT2D eigenvalue weighted by atomic mass is 19.4. The van der Waals surface area contributed by atoms with Crippen LogP contribution in [0.15, 0.2) is 0 Å². The lowest BCUT2D eigenvalue weighted by molar-refractivity contribution is -0.173. The van der Waals surface area contributed by atoms with Crippen LogP contribution in [0.2, 0.25) is 0 Å². The van der Waals surface area contributed by atoms with Gasteiger partial charge in [0.05, 0.1) is 6.61 Å². The fraction of sp³-hybridized carbons (Fsp3) is 1.00. The predicted molar refractivity (Wildman–Crippen MR) is 62.1 cm³/mol. The molecule has 0 aromatic rings. The first-order valence-electron chi connectivity index (χ1n) is 5.88. The number of nitrogens with one attached hydrogen (secondary N) is 1. The summed E-state index contributed by atoms with van der Waals surface area (Å²) in [5.74, 6) is 0. The Bertz CT molecular complexity index is 186. The molecule has 0 spiro atoms. The Labute approximate surface area is 101 Å². The Morgan fingerprint density at radius 3 is 2.41 bits per heavy atom. The maximum atomic E-state index is 11.7. The van der Waals surface area contributed by atoms with Crippen LogP contribution in [0.25, 0.3) is 0 Å². The highest BCUT2D eigenvalue weighted by Gasteiger charge is 2.27. The highest BCUT2D eigenvalue weighted by molar-refractivity contribution is 4.58. The average molecular weight is 256 g/mol. The molecule has 104 valence electrons. The number of halogens is 3. The van der Waals surface area contributed by atoms with Gasteiger partial charge in [0.1, 0.15) is 6.61 Å². The van der Waals surface area contributed by atoms with E-state index in [-0.39, 0.29) is 6.61 Å². The average Bonchev–Trinajstić information content (AvgIpc) is 2.19. The summed E-state index contributed by atoms with van der Waals surface area (Å²) in [4.78, 5) is 2.22. The number of hydrogen-bond donors (Lipinski definition) is 1. The van der Waals surface area contributed by atoms with Gasteiger partial charge in [-0.15, -0.1) is 0 Å². The first-order valence-corrected chi connectivity index (χ1v) is 5.88. The molecule has 0 saturated heterocycles. The van der Waals surface area contributed by atoms with E-state index < -0.39 is 12.8 Å². The Hall–Kier alpha value is -0.330. The zero-order valence-electron chi connectivity index (χ0n) is 10.8. The fourth-order valence-corrected chi connectivity index (χ4v) is 1.17. The summed E-state index contributed by atoms with van der Waals surface area (Å²) >= 11 is 0. The monoisotopic (exact) mass is 256 g/mol. The number of nitrogens with zero attached hydrogens (tertiary/aromatic N) is 1. The number of rotatable bonds is 9. The van der Waals surface area contributed by atoms with Gasteiger partial charge < -0.3 is 15.0 Å². The minimum Gasteiger partial charge on any atom is -0.371 e. The van der Waals surface area contributed by atoms with Crippen molar-refractivity contribution in [3.63, 3.8) is 0 Å². The van der Waals surface area contributed by atoms with Gasteiger partial charge in [0.2, 0.25) is 0 Å². The van der Waals surface area contributed by atoms with Crippen LogP contribution in [-0.4, -0.2) is 57.0 Å². The van der Waals surface area contributed by atoms with E-state index in [1.807, 2.05) is 0 Å². The van der Waals surface area contributed by atoms with E-state index in [4.69, 9.17) is 0 Å². The standard InChI is InChI=1S/C11H23F3N2O/c1-10(2)16(3)7-4-5-15-6-8-17-9-11(12,13)14/h10,15H,4-9H2,1-3H3. The molecule has 6 heteroatoms. The zero-order chi connectivity index (χ0) is 13.3. The predicted octanol–water partition coefficient (Wildman–Crippen LogP) is 1.89. The maximum Gasteiger partial charge on any atom is 0.411 e. The molecule has 0 saturated carbocycles. The second-order valence-electron chi connectivity index (χ2n) is 4.35. The molecular formula is C11H23F3N2O. The van der Waals surface area contributed by atoms with Crippen molar-refractivity contribution in [1.82, 2.24) is 10.2 Å². The Kier molecular flexibility index (Phi) is 8.55. The molecule has 17 heavy (non-hydrogen) atoms. The van der Waals surface area contributed by atoms with Gasteiger partial charge in [0.15, 0.2) is 0 Å². The van der Waals surface area contributed by atoms with Crippen molar-refractivity contribution in [2.45, 2.75) is 32.5 Å². The lowest BCUT2D eigenvalue weighted by Gasteiger charge is -2.20. The molecule has 0 rings (SSSR count). The first-order chi connectivity index (χ1) is 7.83. The topological polar surface area (TPSA) is 24.5 Å². The van der Waals surface area contributed by atoms with Gasteiger partial charge in [-0.05, 0) is 40.4 Å². The molecular weight excluding hydrogens is 233 g/mol. The third-order valence-corrected chi connectivity index (χ3v) is 2.43. The molecule has 0 heterocycles. The number of ether oxygens (including phenoxy) is 1. The molecule has 0 bridgehead atoms. The van der Waals surface area contributed by atoms with Crippen molar-refractivity contribution in [3.8, 4) is 0 Å². The Balaban J connectivity index is 3.19. The largest absolute Gasteiger partial charge is 0.411 e. The van der Waals surface area contributed by atoms with Crippen molar-refractivity contribution < 1.29 is 17.9 Å². The second kappa shape index (κ2) is 8.72. The third-order valence-electron chi connectivity index (χ3n) is 2.43. The summed E-state index contributed by atoms with van der Waals surface area (Å²) in [5.41, 5.74) is 0. The van der Waals surface area contributed by atoms with E-state index in [0.29, 0.717) is 12.6 Å². The van der Waals surface area contributed by atoms with Crippen LogP contribution in [0.1, 0.15) is 20.3 Å². The molecule has 0 aliphatic rings. The van der Waals surface area contributed by atoms with Gasteiger partial charge in [-0.2, -0.15) is 13.2 Å². The van der Waals surface area contributed by atoms with Crippen LogP contribution in [0, 0.1) is 0 Å². The maximum absolute atomic E-state index is 11.7. The third kappa shape index (κ3) is 11.9. The van der Waals surface area contributed by atoms with Gasteiger partial charge in [-0.3, -0.25) is 0 Å². The Morgan fingerprint density at radius 1 is 1.24 bits per heavy atom. The van der Waals surface area contributed by atoms with E-state index in [1.165, 1.54) is 0 Å². The van der Waals surface area contributed by atoms with Gasteiger partial charge in [0.25, 0.3) is 0 Å². The lowest BCUT2D eigenvalue weighted by Crippen LogP contribution is -2.30. The molecule has 0 aromatic heterocycles. The van der Waals surface area contributed by atoms with Gasteiger partial charge >= 0.3 is 6.18 Å². The molecule has 0 fully saturated rings. The van der Waals surface area contributed by atoms with Crippen LogP contribution in [-0.2, 0) is 4.74 Å². The van der Waals surface area contributed by atoms with Crippen molar-refractivity contribution in [2.24, 2.45) is 0 Å². The van der Waals surface area contributed by atoms with Crippen LogP contribution >= 0.6 is 0 Å². The van der Waals surface area contributed by atoms with Crippen molar-refractivity contribution in [3.05, 3.63) is 0 Å². The SMILES string of the molecule is CC(C)N(C)CCCNCCOCC(F)(F)F. The number of alkyl halides is 3. The number of hydrogen-bond acceptors (Lipinski definition) is 3. The molecule has 0 aliphatic heterocycles. The van der Waals surface area contributed by atoms with E-state index in [0.717, 1.165) is 19.5 Å². The first kappa shape index (κ1) is 16.7. The van der Waals surface area contributed by atoms with Crippen LogP contribution < -0.4 is 5.32 Å². The van der Waals surface area contributed by atoms with Crippen LogP contribution in [0.3, 0.4) is 0 Å². The van der Waals surface area contributed by atoms with Crippen molar-refractivity contribution in [2.75, 3.05) is 39.9 Å². The molecule has 0 unspecified atom stereocenters. The van der Waals surface area contributed by atoms with E-state index >= 15 is 0 Å². The Morgan fingerprint density at radius 2 is 1.88 bits per heavy atom. The summed E-state index contributed by atoms with van der Waals surface area (Å²) in [6.07, 6.45) is -3.24. The quantitative estimate of drug-likeness (QED) is 0.638. The van der Waals surface area contributed by atoms with E-state index in [2.05, 4.69) is 35.8 Å². The molecule has 0 atom stereocenters. The highest BCUT2D eigenvalue weighted by Crippen LogP contribution is 2.13. The fourth-order valence-electron chi connectivity index (χ4n) is 1.17. The summed E-state index contributed by atoms with van der Waals surface area (Å²) in [5, 5.41) is 3.05. The van der Waals surface area contributed by atoms with Crippen molar-refractivity contribution >= 4 is 0 Å². The normalized spacial score (nSPS) is 12.7. The van der Waals surface area contributed by atoms with E-state index in [1.54, 1.807) is 0 Å². The molecule has 0 amide bonds. The van der Waals surface area contributed by atoms with Gasteiger partial charge in [-0.1, -0.05) is 0 Å². The zero-order valence-corrected chi connectivity index (χ0v) is 10.8. The lowest BCUT2D eigenvalue weighted by atomic mass is 10.3. The summed E-state index contributed by atoms with van der Waals surface area (Å²) in [7, 11) is 2.05. The van der Waals surface area contributed by atoms with Crippen molar-refractivity contribution in [1.29, 1.82) is 0 Å². The summed E-state index contributed by atoms with van der Waals surface area (Å²) in [6.45, 7) is 5.42. The van der Waals surface area contributed by atoms with Gasteiger partial charge in [0, 0.05) is 12.6 Å². The smallest absolute Gasteiger partial charge is 0.371 e. The molecule has 1 N–H and O–H groups in total. The summed E-state index contributed by atoms with van der Waals surface area (Å²) in [6, 6.07) is 0.519. The van der Waals surface area contributed by atoms with E-state index in [9.17, 15) is 13.2 Å². The minimum absolute atomic E-state index is 0.0968. The molecule has 3 nitrogen and oxygen atoms in total. The van der Waals surface area contributed by atoms with Gasteiger partial charge in [-0.25, -0.2) is 0 Å². The van der Waals surface area contributed by atoms with Crippen LogP contribution in [0.5, 0.6) is 0 Å². The second-order valence-corrected chi connectivity index (χ2v) is 4.35. The molecule has 0 radical (unpaired) electrons. The molecule has 0 aromatic carbocycles. The molecule has 0 aliphatic carbocycles. The summed E-state index contributed by atoms with van der Waals surface area (Å²) < 4.78 is 39.6.